The van der Waals surface area contributed by atoms with E-state index in [0.29, 0.717) is 12.2 Å². The van der Waals surface area contributed by atoms with Gasteiger partial charge in [-0.3, -0.25) is 0 Å². The Kier molecular flexibility index (Phi) is 4.61. The smallest absolute Gasteiger partial charge is 0.336 e. The van der Waals surface area contributed by atoms with E-state index in [9.17, 15) is 8.42 Å². The maximum Gasteiger partial charge on any atom is 0.412 e. The van der Waals surface area contributed by atoms with Crippen LogP contribution >= 0.6 is 11.3 Å². The molecule has 0 N–H and O–H groups in total. The molecule has 0 spiro atoms. The topological polar surface area (TPSA) is 59.5 Å². The van der Waals surface area contributed by atoms with Crippen molar-refractivity contribution >= 4 is 27.3 Å². The summed E-state index contributed by atoms with van der Waals surface area (Å²) in [5, 5.41) is 1.94. The monoisotopic (exact) mass is 312 g/mol. The average molecular weight is 312 g/mol. The van der Waals surface area contributed by atoms with Gasteiger partial charge in [0.05, 0.1) is 11.4 Å². The number of rotatable bonds is 6. The number of aromatic nitrogens is 1. The molecular formula is C13H16N2O3S2. The molecule has 0 saturated carbocycles. The number of anilines is 1. The first-order valence-electron chi connectivity index (χ1n) is 6.28. The number of para-hydroxylation sites is 1. The van der Waals surface area contributed by atoms with E-state index >= 15 is 0 Å². The summed E-state index contributed by atoms with van der Waals surface area (Å²) in [5.41, 5.74) is 1.39. The summed E-state index contributed by atoms with van der Waals surface area (Å²) in [7, 11) is -3.89. The number of thiazole rings is 1. The number of hydrogen-bond acceptors (Lipinski definition) is 5. The van der Waals surface area contributed by atoms with Crippen molar-refractivity contribution in [2.45, 2.75) is 20.3 Å². The van der Waals surface area contributed by atoms with Gasteiger partial charge in [-0.25, -0.2) is 9.29 Å². The fourth-order valence-corrected chi connectivity index (χ4v) is 3.73. The molecule has 0 aliphatic rings. The molecule has 0 fully saturated rings. The van der Waals surface area contributed by atoms with Gasteiger partial charge in [-0.2, -0.15) is 8.42 Å². The molecule has 1 heterocycles. The van der Waals surface area contributed by atoms with Gasteiger partial charge < -0.3 is 4.18 Å². The van der Waals surface area contributed by atoms with Crippen LogP contribution in [-0.4, -0.2) is 19.9 Å². The Bertz CT molecular complexity index is 653. The van der Waals surface area contributed by atoms with Crippen molar-refractivity contribution in [2.75, 3.05) is 10.8 Å². The van der Waals surface area contributed by atoms with Crippen molar-refractivity contribution in [1.29, 1.82) is 0 Å². The Hall–Kier alpha value is -1.60. The van der Waals surface area contributed by atoms with Crippen molar-refractivity contribution < 1.29 is 12.6 Å². The summed E-state index contributed by atoms with van der Waals surface area (Å²) < 4.78 is 30.9. The Labute approximate surface area is 123 Å². The van der Waals surface area contributed by atoms with Gasteiger partial charge in [0.15, 0.2) is 0 Å². The summed E-state index contributed by atoms with van der Waals surface area (Å²) in [6.45, 7) is 4.00. The Morgan fingerprint density at radius 3 is 2.50 bits per heavy atom. The second-order valence-electron chi connectivity index (χ2n) is 4.00. The van der Waals surface area contributed by atoms with Crippen LogP contribution in [0.1, 0.15) is 19.5 Å². The van der Waals surface area contributed by atoms with Crippen LogP contribution in [0, 0.1) is 0 Å². The summed E-state index contributed by atoms with van der Waals surface area (Å²) >= 11 is 1.18. The number of aryl methyl sites for hydroxylation is 1. The van der Waals surface area contributed by atoms with E-state index in [-0.39, 0.29) is 5.19 Å². The molecule has 2 aromatic rings. The molecular weight excluding hydrogens is 296 g/mol. The molecule has 0 unspecified atom stereocenters. The lowest BCUT2D eigenvalue weighted by Gasteiger charge is -2.20. The zero-order valence-corrected chi connectivity index (χ0v) is 12.9. The predicted octanol–water partition coefficient (Wildman–Crippen LogP) is 2.86. The minimum absolute atomic E-state index is 0.149. The molecule has 7 heteroatoms. The summed E-state index contributed by atoms with van der Waals surface area (Å²) in [6, 6.07) is 8.85. The third-order valence-corrected chi connectivity index (χ3v) is 4.92. The van der Waals surface area contributed by atoms with Crippen molar-refractivity contribution in [2.24, 2.45) is 0 Å². The molecule has 1 aromatic heterocycles. The summed E-state index contributed by atoms with van der Waals surface area (Å²) in [5.74, 6) is 0. The maximum absolute atomic E-state index is 12.3. The first kappa shape index (κ1) is 14.8. The lowest BCUT2D eigenvalue weighted by molar-refractivity contribution is 0.479. The lowest BCUT2D eigenvalue weighted by atomic mass is 10.3. The summed E-state index contributed by atoms with van der Waals surface area (Å²) in [4.78, 5) is 4.11. The Morgan fingerprint density at radius 2 is 1.95 bits per heavy atom. The first-order valence-corrected chi connectivity index (χ1v) is 8.53. The fourth-order valence-electron chi connectivity index (χ4n) is 1.69. The van der Waals surface area contributed by atoms with Crippen LogP contribution in [0.2, 0.25) is 0 Å². The van der Waals surface area contributed by atoms with Crippen LogP contribution in [0.15, 0.2) is 35.7 Å². The van der Waals surface area contributed by atoms with Crippen LogP contribution in [0.25, 0.3) is 0 Å². The first-order chi connectivity index (χ1) is 9.56. The zero-order chi connectivity index (χ0) is 14.6. The normalized spacial score (nSPS) is 11.3. The Morgan fingerprint density at radius 1 is 1.25 bits per heavy atom. The van der Waals surface area contributed by atoms with Gasteiger partial charge in [-0.05, 0) is 25.5 Å². The van der Waals surface area contributed by atoms with Crippen LogP contribution < -0.4 is 8.49 Å². The molecule has 108 valence electrons. The van der Waals surface area contributed by atoms with E-state index in [0.717, 1.165) is 12.1 Å². The van der Waals surface area contributed by atoms with E-state index in [1.54, 1.807) is 36.6 Å². The van der Waals surface area contributed by atoms with Crippen molar-refractivity contribution in [3.63, 3.8) is 0 Å². The maximum atomic E-state index is 12.3. The van der Waals surface area contributed by atoms with Gasteiger partial charge >= 0.3 is 10.3 Å². The lowest BCUT2D eigenvalue weighted by Crippen LogP contribution is -2.34. The van der Waals surface area contributed by atoms with Crippen molar-refractivity contribution in [3.05, 3.63) is 41.4 Å². The second kappa shape index (κ2) is 6.23. The van der Waals surface area contributed by atoms with Gasteiger partial charge in [-0.1, -0.05) is 36.5 Å². The molecule has 1 aromatic carbocycles. The molecule has 0 saturated heterocycles. The molecule has 0 atom stereocenters. The number of nitrogens with zero attached hydrogens (tertiary/aromatic N) is 2. The summed E-state index contributed by atoms with van der Waals surface area (Å²) in [6.07, 6.45) is 0.746. The highest BCUT2D eigenvalue weighted by molar-refractivity contribution is 7.88. The third kappa shape index (κ3) is 3.29. The van der Waals surface area contributed by atoms with Crippen LogP contribution in [0.5, 0.6) is 5.19 Å². The van der Waals surface area contributed by atoms with Crippen molar-refractivity contribution in [1.82, 2.24) is 4.98 Å². The standard InChI is InChI=1S/C13H16N2O3S2/c1-3-11-10-19-13(14-11)18-20(16,17)15(4-2)12-8-6-5-7-9-12/h5-10H,3-4H2,1-2H3. The number of benzene rings is 1. The molecule has 0 bridgehead atoms. The number of hydrogen-bond donors (Lipinski definition) is 0. The van der Waals surface area contributed by atoms with E-state index < -0.39 is 10.3 Å². The minimum atomic E-state index is -3.89. The molecule has 5 nitrogen and oxygen atoms in total. The molecule has 0 aliphatic carbocycles. The third-order valence-electron chi connectivity index (χ3n) is 2.67. The SMILES string of the molecule is CCc1csc(OS(=O)(=O)N(CC)c2ccccc2)n1. The van der Waals surface area contributed by atoms with Gasteiger partial charge in [0, 0.05) is 11.9 Å². The van der Waals surface area contributed by atoms with E-state index in [1.165, 1.54) is 15.6 Å². The molecule has 20 heavy (non-hydrogen) atoms. The van der Waals surface area contributed by atoms with Gasteiger partial charge in [0.25, 0.3) is 5.19 Å². The van der Waals surface area contributed by atoms with Gasteiger partial charge in [0.1, 0.15) is 0 Å². The Balaban J connectivity index is 2.24. The highest BCUT2D eigenvalue weighted by Gasteiger charge is 2.24. The molecule has 0 aliphatic heterocycles. The molecule has 2 rings (SSSR count). The van der Waals surface area contributed by atoms with E-state index in [1.807, 2.05) is 13.0 Å². The highest BCUT2D eigenvalue weighted by Crippen LogP contribution is 2.24. The van der Waals surface area contributed by atoms with Crippen LogP contribution in [0.3, 0.4) is 0 Å². The van der Waals surface area contributed by atoms with E-state index in [2.05, 4.69) is 4.98 Å². The average Bonchev–Trinajstić information content (AvgIpc) is 2.87. The van der Waals surface area contributed by atoms with Gasteiger partial charge in [0.2, 0.25) is 0 Å². The quantitative estimate of drug-likeness (QED) is 0.823. The predicted molar refractivity (Wildman–Crippen MR) is 80.5 cm³/mol. The van der Waals surface area contributed by atoms with Crippen molar-refractivity contribution in [3.8, 4) is 5.19 Å². The largest absolute Gasteiger partial charge is 0.412 e. The minimum Gasteiger partial charge on any atom is -0.336 e. The second-order valence-corrected chi connectivity index (χ2v) is 6.28. The highest BCUT2D eigenvalue weighted by atomic mass is 32.2. The molecule has 0 amide bonds. The zero-order valence-electron chi connectivity index (χ0n) is 11.3. The fraction of sp³-hybridized carbons (Fsp3) is 0.308. The van der Waals surface area contributed by atoms with Crippen LogP contribution in [-0.2, 0) is 16.7 Å². The van der Waals surface area contributed by atoms with Gasteiger partial charge in [-0.15, -0.1) is 0 Å². The van der Waals surface area contributed by atoms with E-state index in [4.69, 9.17) is 4.18 Å². The van der Waals surface area contributed by atoms with Crippen LogP contribution in [0.4, 0.5) is 5.69 Å². The molecule has 0 radical (unpaired) electrons.